The van der Waals surface area contributed by atoms with Crippen molar-refractivity contribution in [1.82, 2.24) is 0 Å². The van der Waals surface area contributed by atoms with Crippen LogP contribution < -0.4 is 0 Å². The Balaban J connectivity index is 2.28. The average Bonchev–Trinajstić information content (AvgIpc) is 2.17. The van der Waals surface area contributed by atoms with E-state index in [2.05, 4.69) is 26.0 Å². The number of allylic oxidation sites excluding steroid dienone is 4. The molecule has 0 amide bonds. The summed E-state index contributed by atoms with van der Waals surface area (Å²) in [4.78, 5) is 0. The van der Waals surface area contributed by atoms with Crippen molar-refractivity contribution in [2.75, 3.05) is 0 Å². The lowest BCUT2D eigenvalue weighted by molar-refractivity contribution is 0.442. The molecule has 0 heterocycles. The van der Waals surface area contributed by atoms with E-state index in [1.54, 1.807) is 11.1 Å². The molecule has 0 bridgehead atoms. The van der Waals surface area contributed by atoms with Crippen LogP contribution in [0.1, 0.15) is 46.0 Å². The third kappa shape index (κ3) is 1.72. The minimum atomic E-state index is 0.729. The molecule has 0 N–H and O–H groups in total. The summed E-state index contributed by atoms with van der Waals surface area (Å²) in [5, 5.41) is 0. The fraction of sp³-hybridized carbons (Fsp3) is 0.692. The van der Waals surface area contributed by atoms with E-state index in [1.807, 2.05) is 0 Å². The average molecular weight is 176 g/mol. The van der Waals surface area contributed by atoms with Crippen LogP contribution in [0.15, 0.2) is 23.3 Å². The van der Waals surface area contributed by atoms with Crippen LogP contribution in [0.25, 0.3) is 0 Å². The molecule has 2 rings (SSSR count). The van der Waals surface area contributed by atoms with Gasteiger partial charge in [-0.2, -0.15) is 0 Å². The van der Waals surface area contributed by atoms with Gasteiger partial charge in [0.15, 0.2) is 0 Å². The number of fused-ring (bicyclic) bond motifs is 1. The molecule has 0 saturated heterocycles. The third-order valence-corrected chi connectivity index (χ3v) is 3.45. The predicted molar refractivity (Wildman–Crippen MR) is 57.6 cm³/mol. The summed E-state index contributed by atoms with van der Waals surface area (Å²) in [5.41, 5.74) is 3.44. The third-order valence-electron chi connectivity index (χ3n) is 3.45. The van der Waals surface area contributed by atoms with Crippen molar-refractivity contribution >= 4 is 0 Å². The number of rotatable bonds is 1. The predicted octanol–water partition coefficient (Wildman–Crippen LogP) is 4.09. The van der Waals surface area contributed by atoms with E-state index >= 15 is 0 Å². The van der Waals surface area contributed by atoms with E-state index in [-0.39, 0.29) is 0 Å². The van der Waals surface area contributed by atoms with E-state index in [0.717, 1.165) is 11.8 Å². The molecule has 0 heteroatoms. The smallest absolute Gasteiger partial charge is 0.0163 e. The van der Waals surface area contributed by atoms with E-state index < -0.39 is 0 Å². The second kappa shape index (κ2) is 3.69. The highest BCUT2D eigenvalue weighted by atomic mass is 14.3. The van der Waals surface area contributed by atoms with Gasteiger partial charge in [0.25, 0.3) is 0 Å². The maximum atomic E-state index is 2.38. The molecule has 1 fully saturated rings. The minimum absolute atomic E-state index is 0.729. The largest absolute Gasteiger partial charge is 0.0837 e. The first-order valence-electron chi connectivity index (χ1n) is 5.68. The molecular weight excluding hydrogens is 156 g/mol. The van der Waals surface area contributed by atoms with E-state index in [9.17, 15) is 0 Å². The standard InChI is InChI=1S/C13H20/c1-10(2)12-9-5-7-11-6-3-4-8-13(11)12/h5,9-11H,3-4,6-8H2,1-2H3. The van der Waals surface area contributed by atoms with E-state index in [4.69, 9.17) is 0 Å². The summed E-state index contributed by atoms with van der Waals surface area (Å²) in [6, 6.07) is 0. The van der Waals surface area contributed by atoms with Gasteiger partial charge in [-0.1, -0.05) is 38.0 Å². The van der Waals surface area contributed by atoms with Crippen molar-refractivity contribution in [3.8, 4) is 0 Å². The topological polar surface area (TPSA) is 0 Å². The van der Waals surface area contributed by atoms with Gasteiger partial charge in [0, 0.05) is 0 Å². The molecule has 2 aliphatic rings. The fourth-order valence-corrected chi connectivity index (χ4v) is 2.75. The normalized spacial score (nSPS) is 28.1. The zero-order chi connectivity index (χ0) is 9.26. The van der Waals surface area contributed by atoms with Gasteiger partial charge in [-0.3, -0.25) is 0 Å². The number of hydrogen-bond acceptors (Lipinski definition) is 0. The zero-order valence-corrected chi connectivity index (χ0v) is 8.84. The summed E-state index contributed by atoms with van der Waals surface area (Å²) < 4.78 is 0. The molecule has 13 heavy (non-hydrogen) atoms. The molecule has 0 aromatic rings. The molecule has 1 unspecified atom stereocenters. The summed E-state index contributed by atoms with van der Waals surface area (Å²) >= 11 is 0. The molecule has 2 aliphatic carbocycles. The summed E-state index contributed by atoms with van der Waals surface area (Å²) in [7, 11) is 0. The van der Waals surface area contributed by atoms with Crippen LogP contribution in [-0.2, 0) is 0 Å². The summed E-state index contributed by atoms with van der Waals surface area (Å²) in [6.07, 6.45) is 11.8. The maximum absolute atomic E-state index is 2.38. The molecule has 0 aromatic carbocycles. The highest BCUT2D eigenvalue weighted by Crippen LogP contribution is 2.39. The molecule has 1 saturated carbocycles. The Morgan fingerprint density at radius 2 is 2.15 bits per heavy atom. The van der Waals surface area contributed by atoms with Crippen LogP contribution in [0, 0.1) is 11.8 Å². The Labute approximate surface area is 81.7 Å². The summed E-state index contributed by atoms with van der Waals surface area (Å²) in [5.74, 6) is 1.64. The Bertz CT molecular complexity index is 243. The van der Waals surface area contributed by atoms with Crippen LogP contribution in [0.2, 0.25) is 0 Å². The summed E-state index contributed by atoms with van der Waals surface area (Å²) in [6.45, 7) is 4.65. The second-order valence-electron chi connectivity index (χ2n) is 4.72. The first-order valence-corrected chi connectivity index (χ1v) is 5.68. The van der Waals surface area contributed by atoms with Crippen LogP contribution in [0.3, 0.4) is 0 Å². The lowest BCUT2D eigenvalue weighted by Crippen LogP contribution is -2.15. The van der Waals surface area contributed by atoms with Crippen LogP contribution in [0.5, 0.6) is 0 Å². The van der Waals surface area contributed by atoms with Crippen molar-refractivity contribution in [1.29, 1.82) is 0 Å². The van der Waals surface area contributed by atoms with Gasteiger partial charge >= 0.3 is 0 Å². The lowest BCUT2D eigenvalue weighted by Gasteiger charge is -2.31. The SMILES string of the molecule is CC(C)C1=C2CCCCC2CC=C1. The molecule has 0 nitrogen and oxygen atoms in total. The van der Waals surface area contributed by atoms with Crippen molar-refractivity contribution < 1.29 is 0 Å². The van der Waals surface area contributed by atoms with Crippen molar-refractivity contribution in [3.63, 3.8) is 0 Å². The Kier molecular flexibility index (Phi) is 2.57. The molecule has 1 atom stereocenters. The van der Waals surface area contributed by atoms with Gasteiger partial charge in [0.2, 0.25) is 0 Å². The van der Waals surface area contributed by atoms with Gasteiger partial charge in [0.1, 0.15) is 0 Å². The fourth-order valence-electron chi connectivity index (χ4n) is 2.75. The van der Waals surface area contributed by atoms with Gasteiger partial charge in [-0.25, -0.2) is 0 Å². The van der Waals surface area contributed by atoms with Crippen molar-refractivity contribution in [3.05, 3.63) is 23.3 Å². The van der Waals surface area contributed by atoms with Gasteiger partial charge in [-0.05, 0) is 43.1 Å². The molecule has 72 valence electrons. The minimum Gasteiger partial charge on any atom is -0.0837 e. The Hall–Kier alpha value is -0.520. The maximum Gasteiger partial charge on any atom is -0.0163 e. The lowest BCUT2D eigenvalue weighted by atomic mass is 9.75. The highest BCUT2D eigenvalue weighted by molar-refractivity contribution is 5.33. The van der Waals surface area contributed by atoms with Crippen LogP contribution in [-0.4, -0.2) is 0 Å². The van der Waals surface area contributed by atoms with Crippen molar-refractivity contribution in [2.24, 2.45) is 11.8 Å². The van der Waals surface area contributed by atoms with E-state index in [1.165, 1.54) is 32.1 Å². The second-order valence-corrected chi connectivity index (χ2v) is 4.72. The highest BCUT2D eigenvalue weighted by Gasteiger charge is 2.23. The van der Waals surface area contributed by atoms with E-state index in [0.29, 0.717) is 0 Å². The quantitative estimate of drug-likeness (QED) is 0.564. The first kappa shape index (κ1) is 9.05. The molecule has 0 aliphatic heterocycles. The number of hydrogen-bond donors (Lipinski definition) is 0. The van der Waals surface area contributed by atoms with Gasteiger partial charge in [-0.15, -0.1) is 0 Å². The van der Waals surface area contributed by atoms with Gasteiger partial charge in [0.05, 0.1) is 0 Å². The Morgan fingerprint density at radius 3 is 2.92 bits per heavy atom. The monoisotopic (exact) mass is 176 g/mol. The van der Waals surface area contributed by atoms with Crippen LogP contribution >= 0.6 is 0 Å². The van der Waals surface area contributed by atoms with Crippen LogP contribution in [0.4, 0.5) is 0 Å². The molecular formula is C13H20. The molecule has 0 radical (unpaired) electrons. The zero-order valence-electron chi connectivity index (χ0n) is 8.84. The Morgan fingerprint density at radius 1 is 1.31 bits per heavy atom. The molecule has 0 aromatic heterocycles. The van der Waals surface area contributed by atoms with Gasteiger partial charge < -0.3 is 0 Å². The first-order chi connectivity index (χ1) is 6.29. The molecule has 0 spiro atoms. The van der Waals surface area contributed by atoms with Crippen molar-refractivity contribution in [2.45, 2.75) is 46.0 Å².